The van der Waals surface area contributed by atoms with E-state index in [1.165, 1.54) is 5.69 Å². The van der Waals surface area contributed by atoms with Gasteiger partial charge in [0, 0.05) is 18.8 Å². The third-order valence-electron chi connectivity index (χ3n) is 4.19. The number of rotatable bonds is 3. The average Bonchev–Trinajstić information content (AvgIpc) is 3.14. The zero-order chi connectivity index (χ0) is 16.4. The molecular formula is C18H23N3O2. The summed E-state index contributed by atoms with van der Waals surface area (Å²) in [6.45, 7) is 7.70. The van der Waals surface area contributed by atoms with Gasteiger partial charge in [-0.3, -0.25) is 4.68 Å². The molecule has 0 saturated carbocycles. The highest BCUT2D eigenvalue weighted by atomic mass is 16.6. The number of carbonyl (C=O) groups is 1. The summed E-state index contributed by atoms with van der Waals surface area (Å²) in [4.78, 5) is 14.1. The van der Waals surface area contributed by atoms with Crippen LogP contribution in [-0.4, -0.2) is 33.9 Å². The number of benzene rings is 1. The fraction of sp³-hybridized carbons (Fsp3) is 0.444. The molecule has 1 aliphatic heterocycles. The molecule has 2 aromatic rings. The standard InChI is InChI=1S/C18H23N3O2/c1-13(2)17-11-14(3)19-21(17)15-9-10-20(12-15)18(22)23-16-7-5-4-6-8-16/h4-8,11,13,15H,9-10,12H2,1-3H3. The lowest BCUT2D eigenvalue weighted by atomic mass is 10.1. The molecule has 1 aromatic carbocycles. The van der Waals surface area contributed by atoms with Crippen molar-refractivity contribution in [1.29, 1.82) is 0 Å². The van der Waals surface area contributed by atoms with Crippen LogP contribution in [0.3, 0.4) is 0 Å². The van der Waals surface area contributed by atoms with Gasteiger partial charge in [-0.05, 0) is 37.5 Å². The van der Waals surface area contributed by atoms with E-state index in [1.54, 1.807) is 17.0 Å². The molecule has 122 valence electrons. The van der Waals surface area contributed by atoms with Crippen molar-refractivity contribution in [3.05, 3.63) is 47.8 Å². The molecule has 0 aliphatic carbocycles. The Balaban J connectivity index is 1.68. The molecule has 1 fully saturated rings. The first-order valence-corrected chi connectivity index (χ1v) is 8.12. The predicted molar refractivity (Wildman–Crippen MR) is 88.7 cm³/mol. The normalized spacial score (nSPS) is 17.7. The summed E-state index contributed by atoms with van der Waals surface area (Å²) in [7, 11) is 0. The van der Waals surface area contributed by atoms with Crippen LogP contribution in [0.5, 0.6) is 5.75 Å². The van der Waals surface area contributed by atoms with Crippen LogP contribution < -0.4 is 4.74 Å². The summed E-state index contributed by atoms with van der Waals surface area (Å²) >= 11 is 0. The first kappa shape index (κ1) is 15.6. The van der Waals surface area contributed by atoms with Crippen molar-refractivity contribution in [1.82, 2.24) is 14.7 Å². The number of amides is 1. The van der Waals surface area contributed by atoms with Crippen LogP contribution in [0.15, 0.2) is 36.4 Å². The Morgan fingerprint density at radius 1 is 1.30 bits per heavy atom. The molecule has 5 heteroatoms. The molecule has 1 aromatic heterocycles. The number of hydrogen-bond acceptors (Lipinski definition) is 3. The first-order valence-electron chi connectivity index (χ1n) is 8.12. The van der Waals surface area contributed by atoms with Crippen molar-refractivity contribution in [2.24, 2.45) is 0 Å². The van der Waals surface area contributed by atoms with Crippen molar-refractivity contribution in [3.63, 3.8) is 0 Å². The van der Waals surface area contributed by atoms with E-state index in [9.17, 15) is 4.79 Å². The van der Waals surface area contributed by atoms with Crippen molar-refractivity contribution in [2.75, 3.05) is 13.1 Å². The summed E-state index contributed by atoms with van der Waals surface area (Å²) in [5.41, 5.74) is 2.25. The smallest absolute Gasteiger partial charge is 0.410 e. The number of carbonyl (C=O) groups excluding carboxylic acids is 1. The van der Waals surface area contributed by atoms with Crippen LogP contribution in [-0.2, 0) is 0 Å². The van der Waals surface area contributed by atoms with E-state index in [-0.39, 0.29) is 12.1 Å². The van der Waals surface area contributed by atoms with Crippen LogP contribution >= 0.6 is 0 Å². The summed E-state index contributed by atoms with van der Waals surface area (Å²) in [6.07, 6.45) is 0.624. The second-order valence-corrected chi connectivity index (χ2v) is 6.38. The Morgan fingerprint density at radius 3 is 2.74 bits per heavy atom. The number of aryl methyl sites for hydroxylation is 1. The Kier molecular flexibility index (Phi) is 4.37. The third kappa shape index (κ3) is 3.38. The molecule has 1 saturated heterocycles. The van der Waals surface area contributed by atoms with Crippen molar-refractivity contribution < 1.29 is 9.53 Å². The summed E-state index contributed by atoms with van der Waals surface area (Å²) in [5, 5.41) is 4.63. The van der Waals surface area contributed by atoms with E-state index in [0.29, 0.717) is 24.8 Å². The van der Waals surface area contributed by atoms with Gasteiger partial charge in [0.25, 0.3) is 0 Å². The quantitative estimate of drug-likeness (QED) is 0.867. The topological polar surface area (TPSA) is 47.4 Å². The first-order chi connectivity index (χ1) is 11.0. The van der Waals surface area contributed by atoms with Crippen molar-refractivity contribution in [2.45, 2.75) is 39.2 Å². The molecule has 0 N–H and O–H groups in total. The van der Waals surface area contributed by atoms with Gasteiger partial charge in [-0.2, -0.15) is 5.10 Å². The molecule has 23 heavy (non-hydrogen) atoms. The van der Waals surface area contributed by atoms with E-state index < -0.39 is 0 Å². The summed E-state index contributed by atoms with van der Waals surface area (Å²) in [6, 6.07) is 11.6. The second kappa shape index (κ2) is 6.44. The highest BCUT2D eigenvalue weighted by molar-refractivity contribution is 5.71. The molecule has 1 atom stereocenters. The largest absolute Gasteiger partial charge is 0.415 e. The fourth-order valence-electron chi connectivity index (χ4n) is 3.02. The van der Waals surface area contributed by atoms with Gasteiger partial charge in [-0.15, -0.1) is 0 Å². The van der Waals surface area contributed by atoms with Crippen molar-refractivity contribution in [3.8, 4) is 5.75 Å². The van der Waals surface area contributed by atoms with Crippen LogP contribution in [0.2, 0.25) is 0 Å². The van der Waals surface area contributed by atoms with Gasteiger partial charge in [0.05, 0.1) is 11.7 Å². The van der Waals surface area contributed by atoms with Crippen LogP contribution in [0.1, 0.15) is 43.6 Å². The van der Waals surface area contributed by atoms with Crippen LogP contribution in [0.4, 0.5) is 4.79 Å². The van der Waals surface area contributed by atoms with E-state index in [2.05, 4.69) is 29.7 Å². The van der Waals surface area contributed by atoms with E-state index in [4.69, 9.17) is 4.74 Å². The molecule has 1 amide bonds. The second-order valence-electron chi connectivity index (χ2n) is 6.38. The lowest BCUT2D eigenvalue weighted by Gasteiger charge is -2.18. The molecule has 5 nitrogen and oxygen atoms in total. The van der Waals surface area contributed by atoms with E-state index in [1.807, 2.05) is 25.1 Å². The number of nitrogens with zero attached hydrogens (tertiary/aromatic N) is 3. The lowest BCUT2D eigenvalue weighted by molar-refractivity contribution is 0.161. The molecule has 3 rings (SSSR count). The van der Waals surface area contributed by atoms with E-state index in [0.717, 1.165) is 12.1 Å². The Hall–Kier alpha value is -2.30. The monoisotopic (exact) mass is 313 g/mol. The van der Waals surface area contributed by atoms with Gasteiger partial charge >= 0.3 is 6.09 Å². The predicted octanol–water partition coefficient (Wildman–Crippen LogP) is 3.76. The number of hydrogen-bond donors (Lipinski definition) is 0. The highest BCUT2D eigenvalue weighted by Gasteiger charge is 2.30. The Labute approximate surface area is 136 Å². The van der Waals surface area contributed by atoms with Crippen molar-refractivity contribution >= 4 is 6.09 Å². The number of ether oxygens (including phenoxy) is 1. The number of para-hydroxylation sites is 1. The zero-order valence-corrected chi connectivity index (χ0v) is 13.9. The molecule has 0 bridgehead atoms. The molecule has 0 radical (unpaired) electrons. The number of aromatic nitrogens is 2. The van der Waals surface area contributed by atoms with Gasteiger partial charge in [-0.25, -0.2) is 4.79 Å². The molecule has 0 spiro atoms. The zero-order valence-electron chi connectivity index (χ0n) is 13.9. The molecule has 2 heterocycles. The van der Waals surface area contributed by atoms with Crippen LogP contribution in [0, 0.1) is 6.92 Å². The minimum absolute atomic E-state index is 0.226. The van der Waals surface area contributed by atoms with Gasteiger partial charge in [0.2, 0.25) is 0 Å². The van der Waals surface area contributed by atoms with Gasteiger partial charge < -0.3 is 9.64 Å². The highest BCUT2D eigenvalue weighted by Crippen LogP contribution is 2.27. The van der Waals surface area contributed by atoms with Crippen LogP contribution in [0.25, 0.3) is 0 Å². The Bertz CT molecular complexity index is 679. The summed E-state index contributed by atoms with van der Waals surface area (Å²) in [5.74, 6) is 1.00. The Morgan fingerprint density at radius 2 is 2.04 bits per heavy atom. The SMILES string of the molecule is Cc1cc(C(C)C)n(C2CCN(C(=O)Oc3ccccc3)C2)n1. The minimum atomic E-state index is -0.284. The van der Waals surface area contributed by atoms with Gasteiger partial charge in [0.1, 0.15) is 5.75 Å². The maximum absolute atomic E-state index is 12.3. The van der Waals surface area contributed by atoms with E-state index >= 15 is 0 Å². The lowest BCUT2D eigenvalue weighted by Crippen LogP contribution is -2.32. The molecule has 1 unspecified atom stereocenters. The van der Waals surface area contributed by atoms with Gasteiger partial charge in [-0.1, -0.05) is 32.0 Å². The van der Waals surface area contributed by atoms with Gasteiger partial charge in [0.15, 0.2) is 0 Å². The maximum atomic E-state index is 12.3. The minimum Gasteiger partial charge on any atom is -0.410 e. The summed E-state index contributed by atoms with van der Waals surface area (Å²) < 4.78 is 7.52. The third-order valence-corrected chi connectivity index (χ3v) is 4.19. The number of likely N-dealkylation sites (tertiary alicyclic amines) is 1. The average molecular weight is 313 g/mol. The fourth-order valence-corrected chi connectivity index (χ4v) is 3.02. The molecular weight excluding hydrogens is 290 g/mol. The molecule has 1 aliphatic rings. The maximum Gasteiger partial charge on any atom is 0.415 e.